The molecule has 1 saturated heterocycles. The summed E-state index contributed by atoms with van der Waals surface area (Å²) in [5.74, 6) is -1.58. The van der Waals surface area contributed by atoms with E-state index in [4.69, 9.17) is 0 Å². The molecule has 0 aromatic heterocycles. The molecule has 1 aliphatic heterocycles. The van der Waals surface area contributed by atoms with E-state index in [1.807, 2.05) is 13.8 Å². The molecule has 0 saturated carbocycles. The van der Waals surface area contributed by atoms with E-state index in [1.54, 1.807) is 6.92 Å². The van der Waals surface area contributed by atoms with Crippen LogP contribution in [0.3, 0.4) is 0 Å². The Balaban J connectivity index is 2.48. The molecule has 124 valence electrons. The van der Waals surface area contributed by atoms with Crippen LogP contribution in [0.2, 0.25) is 0 Å². The minimum atomic E-state index is -4.07. The van der Waals surface area contributed by atoms with Gasteiger partial charge in [-0.15, -0.1) is 0 Å². The molecule has 22 heavy (non-hydrogen) atoms. The first kappa shape index (κ1) is 17.4. The molecule has 1 fully saturated rings. The minimum absolute atomic E-state index is 0.0710. The van der Waals surface area contributed by atoms with Gasteiger partial charge in [0.1, 0.15) is 10.7 Å². The van der Waals surface area contributed by atoms with Crippen molar-refractivity contribution in [3.05, 3.63) is 29.6 Å². The van der Waals surface area contributed by atoms with E-state index in [2.05, 4.69) is 5.32 Å². The van der Waals surface area contributed by atoms with E-state index in [9.17, 15) is 21.2 Å². The first-order valence-electron chi connectivity index (χ1n) is 6.99. The lowest BCUT2D eigenvalue weighted by atomic mass is 10.2. The molecule has 0 unspecified atom stereocenters. The van der Waals surface area contributed by atoms with Gasteiger partial charge in [0.25, 0.3) is 0 Å². The van der Waals surface area contributed by atoms with Crippen LogP contribution in [0, 0.1) is 12.7 Å². The molecule has 1 N–H and O–H groups in total. The normalized spacial score (nSPS) is 24.8. The van der Waals surface area contributed by atoms with Gasteiger partial charge in [-0.25, -0.2) is 21.2 Å². The fraction of sp³-hybridized carbons (Fsp3) is 0.571. The third kappa shape index (κ3) is 3.49. The Morgan fingerprint density at radius 1 is 1.27 bits per heavy atom. The van der Waals surface area contributed by atoms with Crippen LogP contribution in [-0.2, 0) is 19.7 Å². The highest BCUT2D eigenvalue weighted by Gasteiger charge is 2.46. The van der Waals surface area contributed by atoms with Crippen molar-refractivity contribution in [2.45, 2.75) is 43.0 Å². The van der Waals surface area contributed by atoms with Crippen LogP contribution in [0.5, 0.6) is 0 Å². The Bertz CT molecular complexity index is 772. The van der Waals surface area contributed by atoms with Crippen molar-refractivity contribution >= 4 is 19.7 Å². The SMILES string of the molecule is Cc1ccc(F)c(S(=O)(=O)[C@H]2CS(=O)(=O)C[C@@H]2NC(C)C)c1. The molecular weight excluding hydrogens is 329 g/mol. The summed E-state index contributed by atoms with van der Waals surface area (Å²) >= 11 is 0. The number of nitrogens with one attached hydrogen (secondary N) is 1. The summed E-state index contributed by atoms with van der Waals surface area (Å²) in [6.07, 6.45) is 0. The van der Waals surface area contributed by atoms with Gasteiger partial charge in [-0.2, -0.15) is 0 Å². The van der Waals surface area contributed by atoms with Gasteiger partial charge in [-0.05, 0) is 24.6 Å². The average Bonchev–Trinajstić information content (AvgIpc) is 2.67. The minimum Gasteiger partial charge on any atom is -0.309 e. The fourth-order valence-corrected chi connectivity index (χ4v) is 7.53. The lowest BCUT2D eigenvalue weighted by Gasteiger charge is -2.22. The third-order valence-corrected chi connectivity index (χ3v) is 7.80. The van der Waals surface area contributed by atoms with E-state index < -0.39 is 47.4 Å². The summed E-state index contributed by atoms with van der Waals surface area (Å²) < 4.78 is 63.2. The van der Waals surface area contributed by atoms with Gasteiger partial charge in [0.2, 0.25) is 0 Å². The van der Waals surface area contributed by atoms with Crippen molar-refractivity contribution in [1.82, 2.24) is 5.32 Å². The second-order valence-corrected chi connectivity index (χ2v) is 10.3. The molecule has 0 spiro atoms. The molecule has 0 bridgehead atoms. The summed E-state index contributed by atoms with van der Waals surface area (Å²) in [5, 5.41) is 1.81. The molecule has 1 heterocycles. The number of rotatable bonds is 4. The maximum absolute atomic E-state index is 14.0. The van der Waals surface area contributed by atoms with Crippen molar-refractivity contribution in [2.75, 3.05) is 11.5 Å². The number of hydrogen-bond acceptors (Lipinski definition) is 5. The van der Waals surface area contributed by atoms with Gasteiger partial charge in [-0.3, -0.25) is 0 Å². The van der Waals surface area contributed by atoms with Crippen molar-refractivity contribution in [2.24, 2.45) is 0 Å². The summed E-state index contributed by atoms with van der Waals surface area (Å²) in [4.78, 5) is -0.426. The summed E-state index contributed by atoms with van der Waals surface area (Å²) in [5.41, 5.74) is 0.606. The molecule has 2 atom stereocenters. The standard InChI is InChI=1S/C14H20FNO4S2/c1-9(2)16-12-7-21(17,18)8-14(12)22(19,20)13-6-10(3)4-5-11(13)15/h4-6,9,12,14,16H,7-8H2,1-3H3/t12-,14-/m0/s1. The first-order chi connectivity index (χ1) is 10.0. The highest BCUT2D eigenvalue weighted by atomic mass is 32.2. The second-order valence-electron chi connectivity index (χ2n) is 6.02. The van der Waals surface area contributed by atoms with Crippen molar-refractivity contribution in [3.8, 4) is 0 Å². The summed E-state index contributed by atoms with van der Waals surface area (Å²) in [7, 11) is -7.54. The first-order valence-corrected chi connectivity index (χ1v) is 10.4. The van der Waals surface area contributed by atoms with Crippen molar-refractivity contribution in [3.63, 3.8) is 0 Å². The Kier molecular flexibility index (Phi) is 4.66. The van der Waals surface area contributed by atoms with Crippen LogP contribution in [0.1, 0.15) is 19.4 Å². The molecule has 0 aliphatic carbocycles. The largest absolute Gasteiger partial charge is 0.309 e. The molecule has 1 aliphatic rings. The average molecular weight is 349 g/mol. The van der Waals surface area contributed by atoms with Gasteiger partial charge >= 0.3 is 0 Å². The van der Waals surface area contributed by atoms with Crippen LogP contribution in [0.4, 0.5) is 4.39 Å². The molecule has 1 aromatic rings. The van der Waals surface area contributed by atoms with E-state index in [0.717, 1.165) is 6.07 Å². The molecule has 2 rings (SSSR count). The van der Waals surface area contributed by atoms with Crippen LogP contribution in [0.25, 0.3) is 0 Å². The molecule has 1 aromatic carbocycles. The zero-order valence-electron chi connectivity index (χ0n) is 12.7. The molecule has 0 amide bonds. The highest BCUT2D eigenvalue weighted by molar-refractivity contribution is 7.96. The highest BCUT2D eigenvalue weighted by Crippen LogP contribution is 2.28. The molecule has 0 radical (unpaired) electrons. The lowest BCUT2D eigenvalue weighted by molar-refractivity contribution is 0.482. The Hall–Kier alpha value is -0.990. The van der Waals surface area contributed by atoms with Crippen LogP contribution >= 0.6 is 0 Å². The van der Waals surface area contributed by atoms with E-state index >= 15 is 0 Å². The summed E-state index contributed by atoms with van der Waals surface area (Å²) in [6.45, 7) is 5.28. The van der Waals surface area contributed by atoms with Gasteiger partial charge in [0.15, 0.2) is 19.7 Å². The van der Waals surface area contributed by atoms with Gasteiger partial charge in [-0.1, -0.05) is 19.9 Å². The second kappa shape index (κ2) is 5.90. The van der Waals surface area contributed by atoms with Gasteiger partial charge in [0, 0.05) is 12.1 Å². The van der Waals surface area contributed by atoms with E-state index in [-0.39, 0.29) is 11.8 Å². The maximum Gasteiger partial charge on any atom is 0.186 e. The monoisotopic (exact) mass is 349 g/mol. The summed E-state index contributed by atoms with van der Waals surface area (Å²) in [6, 6.07) is 3.02. The molecule has 5 nitrogen and oxygen atoms in total. The molecular formula is C14H20FNO4S2. The van der Waals surface area contributed by atoms with Crippen LogP contribution in [-0.4, -0.2) is 45.7 Å². The number of hydrogen-bond donors (Lipinski definition) is 1. The van der Waals surface area contributed by atoms with E-state index in [1.165, 1.54) is 12.1 Å². The smallest absolute Gasteiger partial charge is 0.186 e. The van der Waals surface area contributed by atoms with Crippen LogP contribution < -0.4 is 5.32 Å². The van der Waals surface area contributed by atoms with Gasteiger partial charge < -0.3 is 5.32 Å². The zero-order valence-corrected chi connectivity index (χ0v) is 14.3. The predicted octanol–water partition coefficient (Wildman–Crippen LogP) is 1.07. The number of sulfone groups is 2. The topological polar surface area (TPSA) is 80.3 Å². The van der Waals surface area contributed by atoms with Crippen LogP contribution in [0.15, 0.2) is 23.1 Å². The lowest BCUT2D eigenvalue weighted by Crippen LogP contribution is -2.46. The zero-order chi connectivity index (χ0) is 16.7. The number of aryl methyl sites for hydroxylation is 1. The van der Waals surface area contributed by atoms with Crippen molar-refractivity contribution < 1.29 is 21.2 Å². The Labute approximate surface area is 130 Å². The predicted molar refractivity (Wildman–Crippen MR) is 82.8 cm³/mol. The molecule has 8 heteroatoms. The Morgan fingerprint density at radius 3 is 2.50 bits per heavy atom. The van der Waals surface area contributed by atoms with Crippen molar-refractivity contribution in [1.29, 1.82) is 0 Å². The maximum atomic E-state index is 14.0. The van der Waals surface area contributed by atoms with Gasteiger partial charge in [0.05, 0.1) is 16.8 Å². The number of halogens is 1. The number of benzene rings is 1. The fourth-order valence-electron chi connectivity index (χ4n) is 2.70. The van der Waals surface area contributed by atoms with E-state index in [0.29, 0.717) is 5.56 Å². The Morgan fingerprint density at radius 2 is 1.91 bits per heavy atom. The third-order valence-electron chi connectivity index (χ3n) is 3.64. The quantitative estimate of drug-likeness (QED) is 0.879.